The Kier molecular flexibility index (Phi) is 3.23. The van der Waals surface area contributed by atoms with Gasteiger partial charge in [0.05, 0.1) is 5.02 Å². The molecule has 1 aromatic carbocycles. The van der Waals surface area contributed by atoms with Gasteiger partial charge in [0, 0.05) is 53.8 Å². The fraction of sp³-hybridized carbons (Fsp3) is 0.476. The number of hydrogen-bond acceptors (Lipinski definition) is 3. The molecule has 4 nitrogen and oxygen atoms in total. The highest BCUT2D eigenvalue weighted by Crippen LogP contribution is 2.32. The van der Waals surface area contributed by atoms with Crippen LogP contribution in [0.5, 0.6) is 0 Å². The molecule has 1 fully saturated rings. The van der Waals surface area contributed by atoms with Gasteiger partial charge >= 0.3 is 0 Å². The van der Waals surface area contributed by atoms with Crippen LogP contribution >= 0.6 is 11.6 Å². The fourth-order valence-corrected chi connectivity index (χ4v) is 2.41. The van der Waals surface area contributed by atoms with Crippen molar-refractivity contribution in [3.05, 3.63) is 58.4 Å². The Labute approximate surface area is 185 Å². The van der Waals surface area contributed by atoms with Crippen molar-refractivity contribution in [2.24, 2.45) is 0 Å². The molecule has 0 radical (unpaired) electrons. The summed E-state index contributed by atoms with van der Waals surface area (Å²) in [5, 5.41) is -0.609. The van der Waals surface area contributed by atoms with Crippen molar-refractivity contribution in [2.75, 3.05) is 13.0 Å². The van der Waals surface area contributed by atoms with Crippen LogP contribution in [0.2, 0.25) is 5.02 Å². The Balaban J connectivity index is 2.04. The Bertz CT molecular complexity index is 1280. The van der Waals surface area contributed by atoms with Gasteiger partial charge in [-0.3, -0.25) is 4.79 Å². The Morgan fingerprint density at radius 1 is 1.36 bits per heavy atom. The number of alkyl halides is 1. The summed E-state index contributed by atoms with van der Waals surface area (Å²) in [4.78, 5) is 20.2. The number of aryl methyl sites for hydroxylation is 2. The van der Waals surface area contributed by atoms with Gasteiger partial charge in [-0.2, -0.15) is 0 Å². The summed E-state index contributed by atoms with van der Waals surface area (Å²) in [6, 6.07) is 2.21. The molecule has 150 valence electrons. The topological polar surface area (TPSA) is 46.1 Å². The minimum Gasteiger partial charge on any atom is -0.338 e. The number of hydrogen-bond donors (Lipinski definition) is 0. The maximum absolute atomic E-state index is 16.6. The molecule has 0 N–H and O–H groups in total. The van der Waals surface area contributed by atoms with Crippen molar-refractivity contribution in [1.82, 2.24) is 14.9 Å². The monoisotopic (exact) mass is 419 g/mol. The zero-order valence-electron chi connectivity index (χ0n) is 26.7. The van der Waals surface area contributed by atoms with Crippen molar-refractivity contribution < 1.29 is 30.0 Å². The largest absolute Gasteiger partial charge is 0.338 e. The van der Waals surface area contributed by atoms with Gasteiger partial charge in [-0.1, -0.05) is 18.5 Å². The number of piperidine rings is 1. The molecule has 1 amide bonds. The highest BCUT2D eigenvalue weighted by Gasteiger charge is 2.35. The van der Waals surface area contributed by atoms with Gasteiger partial charge in [0.15, 0.2) is 0 Å². The third-order valence-corrected chi connectivity index (χ3v) is 4.08. The first-order valence-electron chi connectivity index (χ1n) is 14.2. The number of likely N-dealkylation sites (tertiary alicyclic amines) is 1. The Morgan fingerprint density at radius 3 is 2.64 bits per heavy atom. The molecule has 1 aromatic heterocycles. The summed E-state index contributed by atoms with van der Waals surface area (Å²) < 4.78 is 129. The predicted octanol–water partition coefficient (Wildman–Crippen LogP) is 4.80. The van der Waals surface area contributed by atoms with Gasteiger partial charge in [-0.05, 0) is 55.7 Å². The lowest BCUT2D eigenvalue weighted by Crippen LogP contribution is -2.44. The summed E-state index contributed by atoms with van der Waals surface area (Å²) >= 11 is 5.66. The van der Waals surface area contributed by atoms with Gasteiger partial charge in [0.25, 0.3) is 5.91 Å². The molecular formula is C21H24ClF2N3O. The van der Waals surface area contributed by atoms with Gasteiger partial charge in [0.1, 0.15) is 17.3 Å². The predicted molar refractivity (Wildman–Crippen MR) is 105 cm³/mol. The zero-order chi connectivity index (χ0) is 30.9. The molecule has 0 atom stereocenters. The molecule has 28 heavy (non-hydrogen) atoms. The van der Waals surface area contributed by atoms with E-state index in [1.807, 2.05) is 0 Å². The normalized spacial score (nSPS) is 30.8. The van der Waals surface area contributed by atoms with E-state index in [0.29, 0.717) is 12.1 Å². The van der Waals surface area contributed by atoms with Crippen LogP contribution in [-0.4, -0.2) is 39.4 Å². The number of halogens is 3. The van der Waals surface area contributed by atoms with E-state index in [4.69, 9.17) is 28.1 Å². The first kappa shape index (κ1) is 10.1. The maximum atomic E-state index is 16.6. The molecule has 2 aromatic rings. The van der Waals surface area contributed by atoms with E-state index in [1.54, 1.807) is 0 Å². The highest BCUT2D eigenvalue weighted by atomic mass is 35.5. The average molecular weight is 420 g/mol. The van der Waals surface area contributed by atoms with Gasteiger partial charge in [0.2, 0.25) is 0 Å². The SMILES string of the molecule is [2H]C([2H])(C)c1cnc(C([2H])([2H])CCC2(F)C([2H])([2H])C([2H])([2H])N(C(=O)c3ccc(F)c(Cl)c3)C([2H])([2H])C2([2H])[2H])nc1. The summed E-state index contributed by atoms with van der Waals surface area (Å²) in [6.07, 6.45) is -12.9. The molecular weight excluding hydrogens is 384 g/mol. The molecule has 7 heteroatoms. The molecule has 1 saturated heterocycles. The summed E-state index contributed by atoms with van der Waals surface area (Å²) in [5.41, 5.74) is -4.67. The first-order chi connectivity index (χ1) is 17.9. The van der Waals surface area contributed by atoms with Crippen LogP contribution in [-0.2, 0) is 12.7 Å². The molecule has 2 heterocycles. The molecule has 3 rings (SSSR count). The van der Waals surface area contributed by atoms with E-state index in [-0.39, 0.29) is 5.56 Å². The van der Waals surface area contributed by atoms with Crippen LogP contribution in [0.25, 0.3) is 0 Å². The minimum atomic E-state index is -4.06. The Hall–Kier alpha value is -2.08. The Morgan fingerprint density at radius 2 is 2.04 bits per heavy atom. The van der Waals surface area contributed by atoms with Gasteiger partial charge in [-0.25, -0.2) is 18.7 Å². The lowest BCUT2D eigenvalue weighted by molar-refractivity contribution is 0.0389. The van der Waals surface area contributed by atoms with Crippen molar-refractivity contribution >= 4 is 17.5 Å². The third-order valence-electron chi connectivity index (χ3n) is 3.79. The first-order valence-corrected chi connectivity index (χ1v) is 8.56. The molecule has 0 aliphatic carbocycles. The molecule has 0 saturated carbocycles. The summed E-state index contributed by atoms with van der Waals surface area (Å²) in [7, 11) is 0. The van der Waals surface area contributed by atoms with Crippen LogP contribution < -0.4 is 0 Å². The number of amides is 1. The standard InChI is InChI=1S/C21H24ClF2N3O/c1-2-15-13-25-19(26-14-15)4-3-7-21(24)8-10-27(11-9-21)20(28)16-5-6-18(23)17(22)12-16/h5-6,12-14H,2-4,7-11H2,1H3/i2D2,4D2,8D2,9D2,10D2,11D2. The molecule has 0 unspecified atom stereocenters. The van der Waals surface area contributed by atoms with Crippen molar-refractivity contribution in [3.8, 4) is 0 Å². The number of aromatic nitrogens is 2. The number of carbonyl (C=O) groups is 1. The van der Waals surface area contributed by atoms with Crippen LogP contribution in [0.15, 0.2) is 30.6 Å². The number of rotatable bonds is 6. The van der Waals surface area contributed by atoms with Gasteiger partial charge < -0.3 is 4.90 Å². The van der Waals surface area contributed by atoms with E-state index >= 15 is 4.39 Å². The molecule has 1 aliphatic heterocycles. The zero-order valence-corrected chi connectivity index (χ0v) is 15.4. The van der Waals surface area contributed by atoms with E-state index in [0.717, 1.165) is 18.5 Å². The van der Waals surface area contributed by atoms with Crippen LogP contribution in [0.3, 0.4) is 0 Å². The quantitative estimate of drug-likeness (QED) is 0.675. The van der Waals surface area contributed by atoms with E-state index in [1.165, 1.54) is 6.92 Å². The van der Waals surface area contributed by atoms with Crippen molar-refractivity contribution in [3.63, 3.8) is 0 Å². The maximum Gasteiger partial charge on any atom is 0.253 e. The van der Waals surface area contributed by atoms with Crippen LogP contribution in [0, 0.1) is 5.82 Å². The number of carbonyl (C=O) groups excluding carboxylic acids is 1. The minimum absolute atomic E-state index is 0.00236. The smallest absolute Gasteiger partial charge is 0.253 e. The molecule has 1 aliphatic rings. The highest BCUT2D eigenvalue weighted by molar-refractivity contribution is 6.31. The van der Waals surface area contributed by atoms with Crippen molar-refractivity contribution in [2.45, 2.75) is 50.9 Å². The van der Waals surface area contributed by atoms with E-state index in [2.05, 4.69) is 9.97 Å². The van der Waals surface area contributed by atoms with Crippen LogP contribution in [0.4, 0.5) is 8.78 Å². The van der Waals surface area contributed by atoms with Gasteiger partial charge in [-0.15, -0.1) is 0 Å². The third kappa shape index (κ3) is 5.04. The fourth-order valence-electron chi connectivity index (χ4n) is 2.23. The van der Waals surface area contributed by atoms with Crippen molar-refractivity contribution in [1.29, 1.82) is 0 Å². The molecule has 0 bridgehead atoms. The number of benzene rings is 1. The second-order valence-electron chi connectivity index (χ2n) is 5.77. The second kappa shape index (κ2) is 8.95. The lowest BCUT2D eigenvalue weighted by Gasteiger charge is -2.36. The van der Waals surface area contributed by atoms with E-state index in [9.17, 15) is 9.18 Å². The summed E-state index contributed by atoms with van der Waals surface area (Å²) in [6.45, 7) is -6.50. The molecule has 0 spiro atoms. The van der Waals surface area contributed by atoms with E-state index < -0.39 is 90.0 Å². The lowest BCUT2D eigenvalue weighted by atomic mass is 9.88. The van der Waals surface area contributed by atoms with Crippen LogP contribution in [0.1, 0.15) is 70.7 Å². The average Bonchev–Trinajstić information content (AvgIpc) is 2.82. The second-order valence-corrected chi connectivity index (χ2v) is 6.17. The summed E-state index contributed by atoms with van der Waals surface area (Å²) in [5.74, 6) is -3.18. The number of nitrogens with zero attached hydrogens (tertiary/aromatic N) is 3.